The molecule has 0 saturated heterocycles. The maximum atomic E-state index is 12.3. The average molecular weight is 367 g/mol. The van der Waals surface area contributed by atoms with Crippen molar-refractivity contribution in [1.29, 1.82) is 0 Å². The van der Waals surface area contributed by atoms with Crippen molar-refractivity contribution in [1.82, 2.24) is 0 Å². The Hall–Kier alpha value is -2.66. The van der Waals surface area contributed by atoms with Gasteiger partial charge in [-0.15, -0.1) is 11.3 Å². The second-order valence-corrected chi connectivity index (χ2v) is 7.63. The van der Waals surface area contributed by atoms with Crippen LogP contribution in [0.2, 0.25) is 0 Å². The van der Waals surface area contributed by atoms with Gasteiger partial charge in [0.25, 0.3) is 0 Å². The molecule has 1 aromatic carbocycles. The van der Waals surface area contributed by atoms with Crippen molar-refractivity contribution >= 4 is 34.9 Å². The van der Waals surface area contributed by atoms with Gasteiger partial charge < -0.3 is 9.64 Å². The van der Waals surface area contributed by atoms with Crippen molar-refractivity contribution < 1.29 is 14.3 Å². The smallest absolute Gasteiger partial charge is 0.331 e. The molecule has 3 rings (SSSR count). The highest BCUT2D eigenvalue weighted by molar-refractivity contribution is 7.10. The molecule has 0 N–H and O–H groups in total. The first-order valence-corrected chi connectivity index (χ1v) is 9.24. The predicted octanol–water partition coefficient (Wildman–Crippen LogP) is 4.19. The van der Waals surface area contributed by atoms with Gasteiger partial charge in [-0.1, -0.05) is 38.1 Å². The van der Waals surface area contributed by atoms with Crippen LogP contribution in [0.25, 0.3) is 6.08 Å². The number of nitrogens with zero attached hydrogens (tertiary/aromatic N) is 1. The number of esters is 1. The Morgan fingerprint density at radius 1 is 1.19 bits per heavy atom. The Morgan fingerprint density at radius 3 is 2.65 bits per heavy atom. The highest BCUT2D eigenvalue weighted by Crippen LogP contribution is 2.46. The number of hydrogen-bond acceptors (Lipinski definition) is 5. The summed E-state index contributed by atoms with van der Waals surface area (Å²) in [7, 11) is 1.95. The monoisotopic (exact) mass is 367 g/mol. The molecule has 0 atom stereocenters. The number of ketones is 1. The number of hydrogen-bond donors (Lipinski definition) is 0. The van der Waals surface area contributed by atoms with Gasteiger partial charge in [0.05, 0.1) is 0 Å². The summed E-state index contributed by atoms with van der Waals surface area (Å²) in [4.78, 5) is 27.1. The number of allylic oxidation sites excluding steroid dienone is 1. The quantitative estimate of drug-likeness (QED) is 0.587. The predicted molar refractivity (Wildman–Crippen MR) is 105 cm³/mol. The van der Waals surface area contributed by atoms with Crippen LogP contribution < -0.4 is 4.90 Å². The van der Waals surface area contributed by atoms with Crippen LogP contribution in [0.15, 0.2) is 59.6 Å². The molecule has 0 unspecified atom stereocenters. The van der Waals surface area contributed by atoms with E-state index in [1.165, 1.54) is 23.0 Å². The third-order valence-electron chi connectivity index (χ3n) is 4.52. The van der Waals surface area contributed by atoms with Crippen molar-refractivity contribution in [3.8, 4) is 0 Å². The van der Waals surface area contributed by atoms with Crippen LogP contribution in [0.4, 0.5) is 5.69 Å². The van der Waals surface area contributed by atoms with Gasteiger partial charge in [-0.05, 0) is 29.2 Å². The van der Waals surface area contributed by atoms with Gasteiger partial charge in [0.2, 0.25) is 0 Å². The van der Waals surface area contributed by atoms with Crippen LogP contribution in [-0.2, 0) is 19.7 Å². The lowest BCUT2D eigenvalue weighted by atomic mass is 9.83. The second-order valence-electron chi connectivity index (χ2n) is 6.65. The number of thiophene rings is 1. The fourth-order valence-corrected chi connectivity index (χ4v) is 3.80. The van der Waals surface area contributed by atoms with Crippen molar-refractivity contribution in [3.05, 3.63) is 70.1 Å². The fourth-order valence-electron chi connectivity index (χ4n) is 3.18. The van der Waals surface area contributed by atoms with Gasteiger partial charge >= 0.3 is 5.97 Å². The van der Waals surface area contributed by atoms with Gasteiger partial charge in [0.15, 0.2) is 12.4 Å². The number of carbonyl (C=O) groups is 2. The summed E-state index contributed by atoms with van der Waals surface area (Å²) in [5.74, 6) is -0.752. The van der Waals surface area contributed by atoms with Crippen molar-refractivity contribution in [2.24, 2.45) is 0 Å². The number of carbonyl (C=O) groups excluding carboxylic acids is 2. The molecule has 0 bridgehead atoms. The number of para-hydroxylation sites is 1. The summed E-state index contributed by atoms with van der Waals surface area (Å²) in [6, 6.07) is 11.9. The minimum atomic E-state index is -0.521. The Labute approximate surface area is 157 Å². The van der Waals surface area contributed by atoms with Gasteiger partial charge in [-0.3, -0.25) is 4.79 Å². The third kappa shape index (κ3) is 3.63. The lowest BCUT2D eigenvalue weighted by molar-refractivity contribution is -0.141. The summed E-state index contributed by atoms with van der Waals surface area (Å²) in [5.41, 5.74) is 2.89. The number of fused-ring (bicyclic) bond motifs is 1. The molecule has 0 aliphatic carbocycles. The SMILES string of the molecule is CN1/C(=C\C(=O)COC(=O)/C=C/c2cccs2)C(C)(C)c2ccccc21. The largest absolute Gasteiger partial charge is 0.454 e. The molecule has 0 fully saturated rings. The molecule has 1 aromatic heterocycles. The van der Waals surface area contributed by atoms with Gasteiger partial charge in [0, 0.05) is 40.9 Å². The van der Waals surface area contributed by atoms with E-state index in [9.17, 15) is 9.59 Å². The maximum Gasteiger partial charge on any atom is 0.331 e. The van der Waals surface area contributed by atoms with Gasteiger partial charge in [0.1, 0.15) is 0 Å². The molecule has 0 amide bonds. The zero-order valence-corrected chi connectivity index (χ0v) is 15.9. The van der Waals surface area contributed by atoms with Crippen molar-refractivity contribution in [2.45, 2.75) is 19.3 Å². The lowest BCUT2D eigenvalue weighted by Gasteiger charge is -2.23. The first kappa shape index (κ1) is 18.1. The Balaban J connectivity index is 1.65. The molecule has 1 aliphatic rings. The van der Waals surface area contributed by atoms with Gasteiger partial charge in [-0.25, -0.2) is 4.79 Å². The lowest BCUT2D eigenvalue weighted by Crippen LogP contribution is -2.25. The van der Waals surface area contributed by atoms with E-state index in [-0.39, 0.29) is 17.8 Å². The first-order chi connectivity index (χ1) is 12.4. The maximum absolute atomic E-state index is 12.3. The molecule has 0 radical (unpaired) electrons. The Morgan fingerprint density at radius 2 is 1.96 bits per heavy atom. The van der Waals surface area contributed by atoms with Crippen LogP contribution in [0.5, 0.6) is 0 Å². The topological polar surface area (TPSA) is 46.6 Å². The molecule has 5 heteroatoms. The molecule has 0 spiro atoms. The van der Waals surface area contributed by atoms with Crippen molar-refractivity contribution in [3.63, 3.8) is 0 Å². The molecule has 134 valence electrons. The van der Waals surface area contributed by atoms with E-state index in [1.807, 2.05) is 47.7 Å². The first-order valence-electron chi connectivity index (χ1n) is 8.36. The van der Waals surface area contributed by atoms with Crippen LogP contribution >= 0.6 is 11.3 Å². The molecule has 26 heavy (non-hydrogen) atoms. The number of likely N-dealkylation sites (N-methyl/N-ethyl adjacent to an activating group) is 1. The van der Waals surface area contributed by atoms with E-state index in [2.05, 4.69) is 19.9 Å². The van der Waals surface area contributed by atoms with E-state index in [1.54, 1.807) is 12.2 Å². The third-order valence-corrected chi connectivity index (χ3v) is 5.36. The fraction of sp³-hybridized carbons (Fsp3) is 0.238. The minimum Gasteiger partial charge on any atom is -0.454 e. The summed E-state index contributed by atoms with van der Waals surface area (Å²) in [6.45, 7) is 3.91. The molecular formula is C21H21NO3S. The number of benzene rings is 1. The van der Waals surface area contributed by atoms with E-state index in [0.717, 1.165) is 16.3 Å². The van der Waals surface area contributed by atoms with E-state index >= 15 is 0 Å². The average Bonchev–Trinajstić information content (AvgIpc) is 3.21. The molecule has 2 aromatic rings. The number of ether oxygens (including phenoxy) is 1. The molecular weight excluding hydrogens is 346 g/mol. The summed E-state index contributed by atoms with van der Waals surface area (Å²) in [5, 5.41) is 1.93. The van der Waals surface area contributed by atoms with Gasteiger partial charge in [-0.2, -0.15) is 0 Å². The number of anilines is 1. The summed E-state index contributed by atoms with van der Waals surface area (Å²) < 4.78 is 5.06. The summed E-state index contributed by atoms with van der Waals surface area (Å²) in [6.07, 6.45) is 4.60. The van der Waals surface area contributed by atoms with Crippen molar-refractivity contribution in [2.75, 3.05) is 18.6 Å². The van der Waals surface area contributed by atoms with E-state index < -0.39 is 5.97 Å². The Kier molecular flexibility index (Phi) is 5.09. The van der Waals surface area contributed by atoms with E-state index in [0.29, 0.717) is 0 Å². The summed E-state index contributed by atoms with van der Waals surface area (Å²) >= 11 is 1.53. The molecule has 2 heterocycles. The number of rotatable bonds is 5. The molecule has 4 nitrogen and oxygen atoms in total. The molecule has 0 saturated carbocycles. The normalized spacial score (nSPS) is 16.9. The zero-order valence-electron chi connectivity index (χ0n) is 15.1. The van der Waals surface area contributed by atoms with E-state index in [4.69, 9.17) is 4.74 Å². The standard InChI is InChI=1S/C21H21NO3S/c1-21(2)17-8-4-5-9-18(17)22(3)19(21)13-15(23)14-25-20(24)11-10-16-7-6-12-26-16/h4-13H,14H2,1-3H3/b11-10+,19-13-. The minimum absolute atomic E-state index is 0.231. The van der Waals surface area contributed by atoms with Crippen LogP contribution in [0.1, 0.15) is 24.3 Å². The highest BCUT2D eigenvalue weighted by Gasteiger charge is 2.38. The second kappa shape index (κ2) is 7.30. The highest BCUT2D eigenvalue weighted by atomic mass is 32.1. The van der Waals surface area contributed by atoms with Crippen LogP contribution in [-0.4, -0.2) is 25.4 Å². The molecule has 1 aliphatic heterocycles. The van der Waals surface area contributed by atoms with Crippen LogP contribution in [0, 0.1) is 0 Å². The zero-order chi connectivity index (χ0) is 18.7. The van der Waals surface area contributed by atoms with Crippen LogP contribution in [0.3, 0.4) is 0 Å². The Bertz CT molecular complexity index is 878.